The Bertz CT molecular complexity index is 962. The number of carbonyl (C=O) groups is 1. The van der Waals surface area contributed by atoms with Crippen molar-refractivity contribution in [2.45, 2.75) is 38.2 Å². The fourth-order valence-electron chi connectivity index (χ4n) is 2.94. The molecule has 1 unspecified atom stereocenters. The predicted molar refractivity (Wildman–Crippen MR) is 117 cm³/mol. The van der Waals surface area contributed by atoms with Crippen LogP contribution in [-0.2, 0) is 17.9 Å². The van der Waals surface area contributed by atoms with Crippen LogP contribution in [0.4, 0.5) is 0 Å². The van der Waals surface area contributed by atoms with Crippen molar-refractivity contribution in [3.63, 3.8) is 0 Å². The van der Waals surface area contributed by atoms with Gasteiger partial charge in [-0.1, -0.05) is 54.2 Å². The van der Waals surface area contributed by atoms with E-state index >= 15 is 0 Å². The predicted octanol–water partition coefficient (Wildman–Crippen LogP) is 3.86. The molecule has 0 saturated carbocycles. The lowest BCUT2D eigenvalue weighted by molar-refractivity contribution is -0.118. The molecule has 0 aliphatic carbocycles. The molecule has 1 atom stereocenters. The van der Waals surface area contributed by atoms with Crippen molar-refractivity contribution < 1.29 is 14.3 Å². The fraction of sp³-hybridized carbons (Fsp3) is 0.318. The molecule has 0 aliphatic rings. The number of benzene rings is 2. The number of para-hydroxylation sites is 2. The lowest BCUT2D eigenvalue weighted by Crippen LogP contribution is -2.24. The second-order valence-electron chi connectivity index (χ2n) is 6.55. The summed E-state index contributed by atoms with van der Waals surface area (Å²) in [5, 5.41) is 12.2. The molecule has 0 radical (unpaired) electrons. The minimum absolute atomic E-state index is 0.0469. The van der Waals surface area contributed by atoms with Gasteiger partial charge in [-0.25, -0.2) is 0 Å². The molecule has 1 N–H and O–H groups in total. The summed E-state index contributed by atoms with van der Waals surface area (Å²) >= 11 is 1.36. The van der Waals surface area contributed by atoms with Crippen LogP contribution in [0.5, 0.6) is 11.5 Å². The Labute approximate surface area is 180 Å². The third-order valence-corrected chi connectivity index (χ3v) is 5.43. The topological polar surface area (TPSA) is 78.3 Å². The number of nitrogens with zero attached hydrogens (tertiary/aromatic N) is 3. The lowest BCUT2D eigenvalue weighted by atomic mass is 10.2. The molecule has 1 amide bonds. The largest absolute Gasteiger partial charge is 0.493 e. The zero-order valence-electron chi connectivity index (χ0n) is 17.4. The van der Waals surface area contributed by atoms with E-state index in [4.69, 9.17) is 9.47 Å². The number of hydrogen-bond donors (Lipinski definition) is 1. The molecule has 7 nitrogen and oxygen atoms in total. The molecular weight excluding hydrogens is 400 g/mol. The van der Waals surface area contributed by atoms with E-state index in [-0.39, 0.29) is 17.8 Å². The Kier molecular flexibility index (Phi) is 7.73. The molecule has 0 aliphatic heterocycles. The highest BCUT2D eigenvalue weighted by Crippen LogP contribution is 2.31. The average Bonchev–Trinajstić information content (AvgIpc) is 3.20. The summed E-state index contributed by atoms with van der Waals surface area (Å²) in [6, 6.07) is 17.3. The number of amides is 1. The first-order valence-electron chi connectivity index (χ1n) is 9.78. The summed E-state index contributed by atoms with van der Waals surface area (Å²) in [4.78, 5) is 12.2. The maximum Gasteiger partial charge on any atom is 0.230 e. The zero-order chi connectivity index (χ0) is 21.3. The Morgan fingerprint density at radius 1 is 1.10 bits per heavy atom. The number of carbonyl (C=O) groups excluding carboxylic acids is 1. The van der Waals surface area contributed by atoms with Crippen LogP contribution in [0, 0.1) is 0 Å². The van der Waals surface area contributed by atoms with Crippen molar-refractivity contribution in [3.8, 4) is 11.5 Å². The van der Waals surface area contributed by atoms with E-state index in [0.29, 0.717) is 35.6 Å². The van der Waals surface area contributed by atoms with E-state index in [9.17, 15) is 4.79 Å². The molecule has 0 saturated heterocycles. The summed E-state index contributed by atoms with van der Waals surface area (Å²) in [6.45, 7) is 5.12. The zero-order valence-corrected chi connectivity index (χ0v) is 18.2. The second-order valence-corrected chi connectivity index (χ2v) is 7.49. The van der Waals surface area contributed by atoms with Crippen molar-refractivity contribution in [1.82, 2.24) is 20.1 Å². The normalized spacial score (nSPS) is 11.7. The average molecular weight is 427 g/mol. The molecule has 0 spiro atoms. The number of thioether (sulfide) groups is 1. The first-order chi connectivity index (χ1) is 14.6. The molecule has 8 heteroatoms. The van der Waals surface area contributed by atoms with Gasteiger partial charge in [0.2, 0.25) is 5.91 Å². The van der Waals surface area contributed by atoms with Crippen molar-refractivity contribution >= 4 is 17.7 Å². The number of rotatable bonds is 10. The van der Waals surface area contributed by atoms with Crippen LogP contribution < -0.4 is 14.8 Å². The summed E-state index contributed by atoms with van der Waals surface area (Å²) in [5.41, 5.74) is 1.07. The summed E-state index contributed by atoms with van der Waals surface area (Å²) in [5.74, 6) is 2.24. The second kappa shape index (κ2) is 10.7. The third kappa shape index (κ3) is 5.54. The van der Waals surface area contributed by atoms with E-state index in [1.54, 1.807) is 7.11 Å². The van der Waals surface area contributed by atoms with E-state index < -0.39 is 0 Å². The Balaban J connectivity index is 1.60. The molecule has 158 valence electrons. The molecule has 0 fully saturated rings. The summed E-state index contributed by atoms with van der Waals surface area (Å²) < 4.78 is 13.4. The molecule has 3 aromatic rings. The molecule has 1 heterocycles. The monoisotopic (exact) mass is 426 g/mol. The number of ether oxygens (including phenoxy) is 2. The quantitative estimate of drug-likeness (QED) is 0.496. The van der Waals surface area contributed by atoms with Crippen molar-refractivity contribution in [2.75, 3.05) is 12.9 Å². The first-order valence-corrected chi connectivity index (χ1v) is 10.8. The Hall–Kier alpha value is -3.00. The van der Waals surface area contributed by atoms with Gasteiger partial charge in [-0.15, -0.1) is 10.2 Å². The Morgan fingerprint density at radius 2 is 1.80 bits per heavy atom. The van der Waals surface area contributed by atoms with Crippen LogP contribution in [-0.4, -0.2) is 33.5 Å². The highest BCUT2D eigenvalue weighted by atomic mass is 32.2. The van der Waals surface area contributed by atoms with Gasteiger partial charge in [-0.3, -0.25) is 4.79 Å². The van der Waals surface area contributed by atoms with Gasteiger partial charge in [-0.2, -0.15) is 0 Å². The van der Waals surface area contributed by atoms with E-state index in [2.05, 4.69) is 15.5 Å². The van der Waals surface area contributed by atoms with Crippen LogP contribution in [0.2, 0.25) is 0 Å². The van der Waals surface area contributed by atoms with Crippen molar-refractivity contribution in [1.29, 1.82) is 0 Å². The minimum Gasteiger partial charge on any atom is -0.493 e. The van der Waals surface area contributed by atoms with Gasteiger partial charge in [0.15, 0.2) is 28.6 Å². The van der Waals surface area contributed by atoms with Gasteiger partial charge < -0.3 is 19.4 Å². The maximum absolute atomic E-state index is 12.2. The van der Waals surface area contributed by atoms with E-state index in [1.807, 2.05) is 73.0 Å². The molecule has 2 aromatic carbocycles. The smallest absolute Gasteiger partial charge is 0.230 e. The lowest BCUT2D eigenvalue weighted by Gasteiger charge is -2.17. The van der Waals surface area contributed by atoms with Gasteiger partial charge >= 0.3 is 0 Å². The van der Waals surface area contributed by atoms with Gasteiger partial charge in [-0.05, 0) is 31.5 Å². The third-order valence-electron chi connectivity index (χ3n) is 4.46. The minimum atomic E-state index is -0.324. The molecule has 1 aromatic heterocycles. The molecular formula is C22H26N4O3S. The van der Waals surface area contributed by atoms with Gasteiger partial charge in [0.1, 0.15) is 0 Å². The van der Waals surface area contributed by atoms with Crippen molar-refractivity contribution in [3.05, 3.63) is 66.0 Å². The number of nitrogens with one attached hydrogen (secondary N) is 1. The van der Waals surface area contributed by atoms with E-state index in [0.717, 1.165) is 5.56 Å². The molecule has 3 rings (SSSR count). The number of hydrogen-bond acceptors (Lipinski definition) is 6. The highest BCUT2D eigenvalue weighted by molar-refractivity contribution is 7.99. The molecule has 0 bridgehead atoms. The van der Waals surface area contributed by atoms with Crippen LogP contribution in [0.3, 0.4) is 0 Å². The standard InChI is InChI=1S/C22H26N4O3S/c1-4-26-21(16(2)29-19-13-9-8-12-18(19)28-3)24-25-22(26)30-15-20(27)23-14-17-10-6-5-7-11-17/h5-13,16H,4,14-15H2,1-3H3,(H,23,27). The number of methoxy groups -OCH3 is 1. The summed E-state index contributed by atoms with van der Waals surface area (Å²) in [6.07, 6.45) is -0.324. The van der Waals surface area contributed by atoms with Gasteiger partial charge in [0, 0.05) is 13.1 Å². The van der Waals surface area contributed by atoms with Gasteiger partial charge in [0.25, 0.3) is 0 Å². The van der Waals surface area contributed by atoms with Crippen LogP contribution in [0.1, 0.15) is 31.3 Å². The highest BCUT2D eigenvalue weighted by Gasteiger charge is 2.20. The maximum atomic E-state index is 12.2. The number of aromatic nitrogens is 3. The first kappa shape index (κ1) is 21.7. The Morgan fingerprint density at radius 3 is 2.50 bits per heavy atom. The van der Waals surface area contributed by atoms with Crippen LogP contribution >= 0.6 is 11.8 Å². The fourth-order valence-corrected chi connectivity index (χ4v) is 3.78. The van der Waals surface area contributed by atoms with Crippen LogP contribution in [0.15, 0.2) is 59.8 Å². The molecule has 30 heavy (non-hydrogen) atoms. The van der Waals surface area contributed by atoms with Crippen LogP contribution in [0.25, 0.3) is 0 Å². The van der Waals surface area contributed by atoms with E-state index in [1.165, 1.54) is 11.8 Å². The summed E-state index contributed by atoms with van der Waals surface area (Å²) in [7, 11) is 1.61. The SMILES string of the molecule is CCn1c(SCC(=O)NCc2ccccc2)nnc1C(C)Oc1ccccc1OC. The van der Waals surface area contributed by atoms with Crippen molar-refractivity contribution in [2.24, 2.45) is 0 Å². The van der Waals surface area contributed by atoms with Gasteiger partial charge in [0.05, 0.1) is 12.9 Å².